The molecule has 8 rings (SSSR count). The van der Waals surface area contributed by atoms with Crippen molar-refractivity contribution in [3.05, 3.63) is 71.1 Å². The molecule has 3 aromatic heterocycles. The maximum absolute atomic E-state index is 14.2. The molecule has 10 heteroatoms. The first-order valence-electron chi connectivity index (χ1n) is 17.7. The van der Waals surface area contributed by atoms with E-state index in [-0.39, 0.29) is 12.5 Å². The highest BCUT2D eigenvalue weighted by atomic mass is 32.1. The Hall–Kier alpha value is -4.25. The van der Waals surface area contributed by atoms with Crippen molar-refractivity contribution in [1.82, 2.24) is 19.4 Å². The number of hydrogen-bond donors (Lipinski definition) is 2. The Morgan fingerprint density at radius 3 is 2.45 bits per heavy atom. The SMILES string of the molecule is Nc1cccc(-c2ccc3cc(-c4c(C5CCCCC5)c5sc(C(=O)O)cc5n4CC(=O)N4CCC(N5CCOCC5)CC4)ccc3n2)c1. The molecular weight excluding hydrogens is 635 g/mol. The number of nitrogens with zero attached hydrogens (tertiary/aromatic N) is 4. The smallest absolute Gasteiger partial charge is 0.345 e. The van der Waals surface area contributed by atoms with Gasteiger partial charge in [-0.15, -0.1) is 11.3 Å². The van der Waals surface area contributed by atoms with Crippen molar-refractivity contribution < 1.29 is 19.4 Å². The van der Waals surface area contributed by atoms with Crippen molar-refractivity contribution in [2.24, 2.45) is 0 Å². The van der Waals surface area contributed by atoms with Crippen molar-refractivity contribution in [1.29, 1.82) is 0 Å². The molecule has 0 atom stereocenters. The molecule has 3 fully saturated rings. The fourth-order valence-electron chi connectivity index (χ4n) is 8.29. The van der Waals surface area contributed by atoms with Gasteiger partial charge in [0.25, 0.3) is 0 Å². The Morgan fingerprint density at radius 2 is 1.69 bits per heavy atom. The summed E-state index contributed by atoms with van der Waals surface area (Å²) in [5, 5.41) is 11.1. The number of carbonyl (C=O) groups excluding carboxylic acids is 1. The molecule has 1 amide bonds. The van der Waals surface area contributed by atoms with E-state index in [4.69, 9.17) is 15.5 Å². The Labute approximate surface area is 290 Å². The summed E-state index contributed by atoms with van der Waals surface area (Å²) in [6.45, 7) is 5.13. The lowest BCUT2D eigenvalue weighted by molar-refractivity contribution is -0.133. The number of carboxylic acids is 1. The number of aromatic nitrogens is 2. The molecular formula is C39H43N5O4S. The lowest BCUT2D eigenvalue weighted by Crippen LogP contribution is -2.50. The van der Waals surface area contributed by atoms with E-state index in [1.165, 1.54) is 23.3 Å². The van der Waals surface area contributed by atoms with Crippen molar-refractivity contribution >= 4 is 50.0 Å². The van der Waals surface area contributed by atoms with Crippen molar-refractivity contribution in [2.75, 3.05) is 45.1 Å². The number of nitrogens with two attached hydrogens (primary N) is 1. The van der Waals surface area contributed by atoms with Crippen LogP contribution in [0.5, 0.6) is 0 Å². The Balaban J connectivity index is 1.18. The van der Waals surface area contributed by atoms with Gasteiger partial charge in [0.1, 0.15) is 11.4 Å². The summed E-state index contributed by atoms with van der Waals surface area (Å²) in [6, 6.07) is 20.5. The summed E-state index contributed by atoms with van der Waals surface area (Å²) >= 11 is 1.35. The van der Waals surface area contributed by atoms with Crippen LogP contribution in [0.15, 0.2) is 60.7 Å². The van der Waals surface area contributed by atoms with Crippen molar-refractivity contribution in [3.63, 3.8) is 0 Å². The summed E-state index contributed by atoms with van der Waals surface area (Å²) in [5.74, 6) is -0.522. The number of piperidine rings is 1. The maximum atomic E-state index is 14.2. The summed E-state index contributed by atoms with van der Waals surface area (Å²) in [4.78, 5) is 36.2. The van der Waals surface area contributed by atoms with Gasteiger partial charge in [0.15, 0.2) is 0 Å². The molecule has 2 aliphatic heterocycles. The van der Waals surface area contributed by atoms with Crippen LogP contribution in [0, 0.1) is 0 Å². The minimum absolute atomic E-state index is 0.0890. The molecule has 0 bridgehead atoms. The third-order valence-electron chi connectivity index (χ3n) is 10.8. The van der Waals surface area contributed by atoms with Gasteiger partial charge in [0.05, 0.1) is 40.3 Å². The topological polar surface area (TPSA) is 114 Å². The first-order valence-corrected chi connectivity index (χ1v) is 18.5. The minimum Gasteiger partial charge on any atom is -0.477 e. The molecule has 3 aliphatic rings. The molecule has 5 heterocycles. The number of fused-ring (bicyclic) bond motifs is 2. The zero-order chi connectivity index (χ0) is 33.5. The van der Waals surface area contributed by atoms with Gasteiger partial charge in [0.2, 0.25) is 5.91 Å². The van der Waals surface area contributed by atoms with Crippen LogP contribution in [-0.2, 0) is 16.1 Å². The van der Waals surface area contributed by atoms with Crippen molar-refractivity contribution in [2.45, 2.75) is 63.5 Å². The maximum Gasteiger partial charge on any atom is 0.345 e. The van der Waals surface area contributed by atoms with E-state index in [9.17, 15) is 14.7 Å². The molecule has 0 spiro atoms. The van der Waals surface area contributed by atoms with E-state index in [1.54, 1.807) is 6.07 Å². The highest BCUT2D eigenvalue weighted by Crippen LogP contribution is 2.47. The number of amides is 1. The highest BCUT2D eigenvalue weighted by molar-refractivity contribution is 7.21. The van der Waals surface area contributed by atoms with E-state index in [2.05, 4.69) is 33.7 Å². The van der Waals surface area contributed by atoms with E-state index in [0.717, 1.165) is 122 Å². The number of aromatic carboxylic acids is 1. The summed E-state index contributed by atoms with van der Waals surface area (Å²) in [7, 11) is 0. The molecule has 1 saturated carbocycles. The number of morpholine rings is 1. The summed E-state index contributed by atoms with van der Waals surface area (Å²) in [6.07, 6.45) is 7.57. The van der Waals surface area contributed by atoms with E-state index in [0.29, 0.717) is 22.5 Å². The number of anilines is 1. The third-order valence-corrected chi connectivity index (χ3v) is 12.0. The second-order valence-electron chi connectivity index (χ2n) is 13.8. The number of thiophene rings is 1. The van der Waals surface area contributed by atoms with Gasteiger partial charge in [-0.2, -0.15) is 0 Å². The van der Waals surface area contributed by atoms with Crippen LogP contribution in [0.2, 0.25) is 0 Å². The molecule has 9 nitrogen and oxygen atoms in total. The lowest BCUT2D eigenvalue weighted by Gasteiger charge is -2.40. The van der Waals surface area contributed by atoms with Gasteiger partial charge >= 0.3 is 5.97 Å². The number of benzene rings is 2. The molecule has 49 heavy (non-hydrogen) atoms. The van der Waals surface area contributed by atoms with Crippen LogP contribution >= 0.6 is 11.3 Å². The number of ether oxygens (including phenoxy) is 1. The van der Waals surface area contributed by atoms with Crippen molar-refractivity contribution in [3.8, 4) is 22.5 Å². The Morgan fingerprint density at radius 1 is 0.898 bits per heavy atom. The number of likely N-dealkylation sites (tertiary alicyclic amines) is 1. The fourth-order valence-corrected chi connectivity index (χ4v) is 9.41. The zero-order valence-electron chi connectivity index (χ0n) is 27.8. The molecule has 254 valence electrons. The molecule has 5 aromatic rings. The monoisotopic (exact) mass is 677 g/mol. The van der Waals surface area contributed by atoms with Crippen LogP contribution in [0.4, 0.5) is 5.69 Å². The van der Waals surface area contributed by atoms with Crippen LogP contribution in [0.25, 0.3) is 43.6 Å². The first kappa shape index (κ1) is 32.0. The first-order chi connectivity index (χ1) is 23.9. The number of carboxylic acid groups (broad SMARTS) is 1. The van der Waals surface area contributed by atoms with E-state index in [1.807, 2.05) is 35.2 Å². The predicted octanol–water partition coefficient (Wildman–Crippen LogP) is 7.24. The van der Waals surface area contributed by atoms with Crippen LogP contribution in [0.3, 0.4) is 0 Å². The zero-order valence-corrected chi connectivity index (χ0v) is 28.6. The fraction of sp³-hybridized carbons (Fsp3) is 0.410. The summed E-state index contributed by atoms with van der Waals surface area (Å²) < 4.78 is 8.70. The molecule has 0 radical (unpaired) electrons. The third kappa shape index (κ3) is 6.33. The average Bonchev–Trinajstić information content (AvgIpc) is 3.70. The number of carbonyl (C=O) groups is 2. The molecule has 2 saturated heterocycles. The molecule has 1 aliphatic carbocycles. The largest absolute Gasteiger partial charge is 0.477 e. The van der Waals surface area contributed by atoms with Crippen LogP contribution in [-0.4, -0.2) is 81.8 Å². The second-order valence-corrected chi connectivity index (χ2v) is 14.9. The second kappa shape index (κ2) is 13.6. The predicted molar refractivity (Wildman–Crippen MR) is 195 cm³/mol. The Kier molecular flexibility index (Phi) is 8.86. The van der Waals surface area contributed by atoms with Gasteiger partial charge < -0.3 is 25.0 Å². The van der Waals surface area contributed by atoms with Gasteiger partial charge in [-0.3, -0.25) is 9.69 Å². The average molecular weight is 678 g/mol. The van der Waals surface area contributed by atoms with Gasteiger partial charge in [-0.05, 0) is 79.1 Å². The molecule has 3 N–H and O–H groups in total. The quantitative estimate of drug-likeness (QED) is 0.175. The molecule has 2 aromatic carbocycles. The lowest BCUT2D eigenvalue weighted by atomic mass is 9.83. The van der Waals surface area contributed by atoms with Gasteiger partial charge in [-0.25, -0.2) is 9.78 Å². The molecule has 0 unspecified atom stereocenters. The number of rotatable bonds is 7. The van der Waals surface area contributed by atoms with Crippen LogP contribution < -0.4 is 5.73 Å². The summed E-state index contributed by atoms with van der Waals surface area (Å²) in [5.41, 5.74) is 13.6. The van der Waals surface area contributed by atoms with E-state index < -0.39 is 5.97 Å². The number of pyridine rings is 1. The normalized spacial score (nSPS) is 18.4. The number of hydrogen-bond acceptors (Lipinski definition) is 7. The minimum atomic E-state index is -0.923. The van der Waals surface area contributed by atoms with Gasteiger partial charge in [-0.1, -0.05) is 43.5 Å². The van der Waals surface area contributed by atoms with E-state index >= 15 is 0 Å². The highest BCUT2D eigenvalue weighted by Gasteiger charge is 2.32. The standard InChI is InChI=1S/C39H43N5O4S/c40-29-8-4-7-26(22-29)31-11-9-27-21-28(10-12-32(27)41-31)37-36(25-5-2-1-3-6-25)38-33(23-34(49-38)39(46)47)44(37)24-35(45)43-15-13-30(14-16-43)42-17-19-48-20-18-42/h4,7-12,21-23,25,30H,1-3,5-6,13-20,24,40H2,(H,46,47). The Bertz CT molecular complexity index is 2010. The number of nitrogen functional groups attached to an aromatic ring is 1. The van der Waals surface area contributed by atoms with Crippen LogP contribution in [0.1, 0.15) is 66.1 Å². The van der Waals surface area contributed by atoms with Gasteiger partial charge in [0, 0.05) is 48.9 Å².